The van der Waals surface area contributed by atoms with Gasteiger partial charge in [0.2, 0.25) is 5.91 Å². The van der Waals surface area contributed by atoms with Gasteiger partial charge in [0.05, 0.1) is 12.1 Å². The summed E-state index contributed by atoms with van der Waals surface area (Å²) in [5.41, 5.74) is 0.106. The molecule has 0 bridgehead atoms. The number of aromatic nitrogens is 3. The standard InChI is InChI=1S/C17H22N4O3/c1-17(2)10-12(8-9-24-17)15(22)21(13-6-4-3-5-7-13)11-14-18-16(23)20-19-14/h3-7,12H,8-11H2,1-2H3,(H2,18,19,20,23)/t12-/m1/s1. The summed E-state index contributed by atoms with van der Waals surface area (Å²) < 4.78 is 5.72. The molecule has 7 heteroatoms. The van der Waals surface area contributed by atoms with Crippen molar-refractivity contribution in [3.05, 3.63) is 46.6 Å². The van der Waals surface area contributed by atoms with Gasteiger partial charge in [-0.1, -0.05) is 18.2 Å². The lowest BCUT2D eigenvalue weighted by molar-refractivity contribution is -0.132. The molecule has 0 unspecified atom stereocenters. The molecule has 0 aliphatic carbocycles. The fraction of sp³-hybridized carbons (Fsp3) is 0.471. The Morgan fingerprint density at radius 3 is 2.75 bits per heavy atom. The molecular weight excluding hydrogens is 308 g/mol. The maximum atomic E-state index is 13.1. The summed E-state index contributed by atoms with van der Waals surface area (Å²) in [7, 11) is 0. The number of nitrogens with one attached hydrogen (secondary N) is 2. The molecule has 1 aliphatic rings. The Kier molecular flexibility index (Phi) is 4.53. The van der Waals surface area contributed by atoms with Crippen LogP contribution in [0.15, 0.2) is 35.1 Å². The predicted molar refractivity (Wildman–Crippen MR) is 89.6 cm³/mol. The summed E-state index contributed by atoms with van der Waals surface area (Å²) in [6.45, 7) is 4.81. The molecule has 3 rings (SSSR count). The van der Waals surface area contributed by atoms with Crippen molar-refractivity contribution in [1.82, 2.24) is 15.2 Å². The number of carbonyl (C=O) groups excluding carboxylic acids is 1. The Balaban J connectivity index is 1.86. The van der Waals surface area contributed by atoms with Gasteiger partial charge in [-0.05, 0) is 38.8 Å². The summed E-state index contributed by atoms with van der Waals surface area (Å²) in [6.07, 6.45) is 1.37. The Morgan fingerprint density at radius 2 is 2.12 bits per heavy atom. The number of hydrogen-bond donors (Lipinski definition) is 2. The van der Waals surface area contributed by atoms with Crippen molar-refractivity contribution in [2.45, 2.75) is 38.8 Å². The molecule has 1 aliphatic heterocycles. The monoisotopic (exact) mass is 330 g/mol. The third-order valence-corrected chi connectivity index (χ3v) is 4.24. The number of carbonyl (C=O) groups is 1. The van der Waals surface area contributed by atoms with E-state index in [4.69, 9.17) is 4.74 Å². The number of ether oxygens (including phenoxy) is 1. The van der Waals surface area contributed by atoms with Crippen molar-refractivity contribution in [1.29, 1.82) is 0 Å². The van der Waals surface area contributed by atoms with E-state index in [2.05, 4.69) is 15.2 Å². The van der Waals surface area contributed by atoms with Crippen LogP contribution in [-0.4, -0.2) is 33.3 Å². The van der Waals surface area contributed by atoms with Gasteiger partial charge in [-0.3, -0.25) is 9.78 Å². The van der Waals surface area contributed by atoms with Crippen molar-refractivity contribution < 1.29 is 9.53 Å². The number of anilines is 1. The van der Waals surface area contributed by atoms with Gasteiger partial charge in [0.1, 0.15) is 0 Å². The largest absolute Gasteiger partial charge is 0.376 e. The molecule has 1 amide bonds. The van der Waals surface area contributed by atoms with Crippen molar-refractivity contribution in [3.63, 3.8) is 0 Å². The van der Waals surface area contributed by atoms with Gasteiger partial charge in [-0.15, -0.1) is 0 Å². The number of benzene rings is 1. The van der Waals surface area contributed by atoms with E-state index in [1.165, 1.54) is 0 Å². The summed E-state index contributed by atoms with van der Waals surface area (Å²) in [4.78, 5) is 28.7. The number of hydrogen-bond acceptors (Lipinski definition) is 4. The Labute approximate surface area is 140 Å². The second-order valence-electron chi connectivity index (χ2n) is 6.68. The van der Waals surface area contributed by atoms with E-state index in [9.17, 15) is 9.59 Å². The maximum absolute atomic E-state index is 13.1. The van der Waals surface area contributed by atoms with E-state index >= 15 is 0 Å². The van der Waals surface area contributed by atoms with Crippen LogP contribution in [0.3, 0.4) is 0 Å². The highest BCUT2D eigenvalue weighted by atomic mass is 16.5. The summed E-state index contributed by atoms with van der Waals surface area (Å²) in [5.74, 6) is 0.351. The van der Waals surface area contributed by atoms with Crippen molar-refractivity contribution in [2.24, 2.45) is 5.92 Å². The Morgan fingerprint density at radius 1 is 1.38 bits per heavy atom. The molecule has 1 aromatic heterocycles. The Hall–Kier alpha value is -2.41. The number of rotatable bonds is 4. The number of H-pyrrole nitrogens is 2. The lowest BCUT2D eigenvalue weighted by atomic mass is 9.87. The molecule has 24 heavy (non-hydrogen) atoms. The topological polar surface area (TPSA) is 91.1 Å². The van der Waals surface area contributed by atoms with Crippen molar-refractivity contribution >= 4 is 11.6 Å². The number of aromatic amines is 2. The lowest BCUT2D eigenvalue weighted by Gasteiger charge is -2.37. The zero-order valence-corrected chi connectivity index (χ0v) is 13.9. The average molecular weight is 330 g/mol. The van der Waals surface area contributed by atoms with Crippen molar-refractivity contribution in [3.8, 4) is 0 Å². The van der Waals surface area contributed by atoms with Crippen LogP contribution < -0.4 is 10.6 Å². The molecule has 0 saturated carbocycles. The smallest absolute Gasteiger partial charge is 0.340 e. The van der Waals surface area contributed by atoms with Crippen LogP contribution in [0.25, 0.3) is 0 Å². The van der Waals surface area contributed by atoms with E-state index in [-0.39, 0.29) is 29.7 Å². The molecule has 128 valence electrons. The molecule has 7 nitrogen and oxygen atoms in total. The SMILES string of the molecule is CC1(C)C[C@H](C(=O)N(Cc2n[nH]c(=O)[nH]2)c2ccccc2)CCO1. The first-order valence-electron chi connectivity index (χ1n) is 8.08. The van der Waals surface area contributed by atoms with Gasteiger partial charge in [-0.25, -0.2) is 9.89 Å². The number of para-hydroxylation sites is 1. The third-order valence-electron chi connectivity index (χ3n) is 4.24. The average Bonchev–Trinajstić information content (AvgIpc) is 2.97. The molecule has 0 spiro atoms. The van der Waals surface area contributed by atoms with Crippen LogP contribution in [0.4, 0.5) is 5.69 Å². The van der Waals surface area contributed by atoms with E-state index in [1.54, 1.807) is 4.90 Å². The molecule has 1 aromatic carbocycles. The van der Waals surface area contributed by atoms with Crippen LogP contribution >= 0.6 is 0 Å². The highest BCUT2D eigenvalue weighted by molar-refractivity contribution is 5.95. The quantitative estimate of drug-likeness (QED) is 0.895. The maximum Gasteiger partial charge on any atom is 0.340 e. The van der Waals surface area contributed by atoms with E-state index in [1.807, 2.05) is 44.2 Å². The third kappa shape index (κ3) is 3.73. The molecule has 1 atom stereocenters. The molecule has 1 saturated heterocycles. The predicted octanol–water partition coefficient (Wildman–Crippen LogP) is 1.84. The van der Waals surface area contributed by atoms with E-state index in [0.29, 0.717) is 25.3 Å². The van der Waals surface area contributed by atoms with Crippen LogP contribution in [0.2, 0.25) is 0 Å². The first-order valence-corrected chi connectivity index (χ1v) is 8.08. The fourth-order valence-electron chi connectivity index (χ4n) is 3.10. The first-order chi connectivity index (χ1) is 11.4. The summed E-state index contributed by atoms with van der Waals surface area (Å²) in [6, 6.07) is 9.44. The highest BCUT2D eigenvalue weighted by Crippen LogP contribution is 2.31. The minimum atomic E-state index is -0.377. The zero-order valence-electron chi connectivity index (χ0n) is 13.9. The van der Waals surface area contributed by atoms with Gasteiger partial charge in [0, 0.05) is 18.2 Å². The molecular formula is C17H22N4O3. The van der Waals surface area contributed by atoms with E-state index in [0.717, 1.165) is 5.69 Å². The second kappa shape index (κ2) is 6.60. The normalized spacial score (nSPS) is 19.8. The minimum absolute atomic E-state index is 0.0291. The summed E-state index contributed by atoms with van der Waals surface area (Å²) in [5, 5.41) is 6.26. The number of amides is 1. The second-order valence-corrected chi connectivity index (χ2v) is 6.68. The fourth-order valence-corrected chi connectivity index (χ4v) is 3.10. The van der Waals surface area contributed by atoms with Crippen LogP contribution in [0.5, 0.6) is 0 Å². The minimum Gasteiger partial charge on any atom is -0.376 e. The van der Waals surface area contributed by atoms with Crippen LogP contribution in [0, 0.1) is 5.92 Å². The van der Waals surface area contributed by atoms with Gasteiger partial charge in [0.15, 0.2) is 5.82 Å². The van der Waals surface area contributed by atoms with Gasteiger partial charge in [-0.2, -0.15) is 5.10 Å². The molecule has 1 fully saturated rings. The summed E-state index contributed by atoms with van der Waals surface area (Å²) >= 11 is 0. The number of nitrogens with zero attached hydrogens (tertiary/aromatic N) is 2. The van der Waals surface area contributed by atoms with Gasteiger partial charge < -0.3 is 9.64 Å². The molecule has 0 radical (unpaired) electrons. The molecule has 2 heterocycles. The molecule has 2 N–H and O–H groups in total. The van der Waals surface area contributed by atoms with Gasteiger partial charge in [0.25, 0.3) is 0 Å². The van der Waals surface area contributed by atoms with Crippen LogP contribution in [0.1, 0.15) is 32.5 Å². The lowest BCUT2D eigenvalue weighted by Crippen LogP contribution is -2.43. The first kappa shape index (κ1) is 16.4. The zero-order chi connectivity index (χ0) is 17.2. The van der Waals surface area contributed by atoms with Crippen LogP contribution in [-0.2, 0) is 16.1 Å². The Bertz CT molecular complexity index is 750. The van der Waals surface area contributed by atoms with E-state index < -0.39 is 0 Å². The highest BCUT2D eigenvalue weighted by Gasteiger charge is 2.35. The molecule has 2 aromatic rings. The van der Waals surface area contributed by atoms with Crippen molar-refractivity contribution in [2.75, 3.05) is 11.5 Å². The van der Waals surface area contributed by atoms with Gasteiger partial charge >= 0.3 is 5.69 Å².